The number of hydrogen-bond donors (Lipinski definition) is 1. The van der Waals surface area contributed by atoms with Crippen LogP contribution in [0.5, 0.6) is 0 Å². The molecule has 0 saturated carbocycles. The third-order valence-electron chi connectivity index (χ3n) is 3.73. The lowest BCUT2D eigenvalue weighted by atomic mass is 10.1. The first kappa shape index (κ1) is 18.1. The van der Waals surface area contributed by atoms with Crippen LogP contribution in [0.1, 0.15) is 32.6 Å². The number of carbonyl (C=O) groups is 2. The minimum Gasteiger partial charge on any atom is -0.459 e. The summed E-state index contributed by atoms with van der Waals surface area (Å²) in [5.41, 5.74) is 2.87. The first-order valence-corrected chi connectivity index (χ1v) is 7.60. The van der Waals surface area contributed by atoms with Gasteiger partial charge in [-0.15, -0.1) is 0 Å². The van der Waals surface area contributed by atoms with Crippen LogP contribution in [0, 0.1) is 31.0 Å². The van der Waals surface area contributed by atoms with Crippen molar-refractivity contribution in [3.63, 3.8) is 0 Å². The number of esters is 1. The lowest BCUT2D eigenvalue weighted by Gasteiger charge is -2.08. The summed E-state index contributed by atoms with van der Waals surface area (Å²) < 4.78 is 18.5. The highest BCUT2D eigenvalue weighted by atomic mass is 19.1. The Bertz CT molecular complexity index is 856. The average molecular weight is 340 g/mol. The predicted octanol–water partition coefficient (Wildman–Crippen LogP) is 2.79. The SMILES string of the molecule is Cc1ccc(C(=O)NCC(=O)OCc2cc(C#N)ccc2F)cc1C. The molecule has 0 aliphatic heterocycles. The molecule has 2 aromatic rings. The van der Waals surface area contributed by atoms with E-state index in [0.29, 0.717) is 5.56 Å². The van der Waals surface area contributed by atoms with Gasteiger partial charge < -0.3 is 10.1 Å². The van der Waals surface area contributed by atoms with Gasteiger partial charge in [0.05, 0.1) is 11.6 Å². The molecular weight excluding hydrogens is 323 g/mol. The van der Waals surface area contributed by atoms with E-state index in [-0.39, 0.29) is 24.3 Å². The molecular formula is C19H17FN2O3. The minimum atomic E-state index is -0.695. The van der Waals surface area contributed by atoms with E-state index in [2.05, 4.69) is 5.32 Å². The maximum absolute atomic E-state index is 13.6. The number of hydrogen-bond acceptors (Lipinski definition) is 4. The van der Waals surface area contributed by atoms with Gasteiger partial charge in [-0.1, -0.05) is 6.07 Å². The molecule has 0 atom stereocenters. The highest BCUT2D eigenvalue weighted by Crippen LogP contribution is 2.12. The minimum absolute atomic E-state index is 0.105. The van der Waals surface area contributed by atoms with Crippen molar-refractivity contribution in [3.05, 3.63) is 70.0 Å². The summed E-state index contributed by atoms with van der Waals surface area (Å²) in [5.74, 6) is -1.65. The number of carbonyl (C=O) groups excluding carboxylic acids is 2. The van der Waals surface area contributed by atoms with Gasteiger partial charge in [-0.3, -0.25) is 9.59 Å². The maximum atomic E-state index is 13.6. The van der Waals surface area contributed by atoms with E-state index in [4.69, 9.17) is 10.00 Å². The standard InChI is InChI=1S/C19H17FN2O3/c1-12-3-5-15(7-13(12)2)19(24)22-10-18(23)25-11-16-8-14(9-21)4-6-17(16)20/h3-8H,10-11H2,1-2H3,(H,22,24). The zero-order valence-electron chi connectivity index (χ0n) is 13.9. The molecule has 2 aromatic carbocycles. The Morgan fingerprint density at radius 3 is 2.60 bits per heavy atom. The number of nitriles is 1. The first-order valence-electron chi connectivity index (χ1n) is 7.60. The van der Waals surface area contributed by atoms with Crippen molar-refractivity contribution in [2.24, 2.45) is 0 Å². The normalized spacial score (nSPS) is 10.0. The molecule has 0 heterocycles. The quantitative estimate of drug-likeness (QED) is 0.849. The molecule has 0 bridgehead atoms. The Kier molecular flexibility index (Phi) is 5.85. The summed E-state index contributed by atoms with van der Waals surface area (Å²) in [7, 11) is 0. The number of rotatable bonds is 5. The maximum Gasteiger partial charge on any atom is 0.325 e. The number of halogens is 1. The fraction of sp³-hybridized carbons (Fsp3) is 0.211. The van der Waals surface area contributed by atoms with Gasteiger partial charge in [0.25, 0.3) is 5.91 Å². The third-order valence-corrected chi connectivity index (χ3v) is 3.73. The molecule has 0 aromatic heterocycles. The van der Waals surface area contributed by atoms with E-state index in [1.54, 1.807) is 12.1 Å². The van der Waals surface area contributed by atoms with Crippen molar-refractivity contribution in [1.82, 2.24) is 5.32 Å². The van der Waals surface area contributed by atoms with Gasteiger partial charge in [0.1, 0.15) is 19.0 Å². The van der Waals surface area contributed by atoms with Gasteiger partial charge >= 0.3 is 5.97 Å². The number of benzene rings is 2. The van der Waals surface area contributed by atoms with Gasteiger partial charge in [-0.25, -0.2) is 4.39 Å². The molecule has 0 unspecified atom stereocenters. The van der Waals surface area contributed by atoms with E-state index in [1.165, 1.54) is 12.1 Å². The van der Waals surface area contributed by atoms with Crippen LogP contribution in [0.3, 0.4) is 0 Å². The van der Waals surface area contributed by atoms with E-state index >= 15 is 0 Å². The number of nitrogens with one attached hydrogen (secondary N) is 1. The van der Waals surface area contributed by atoms with Crippen LogP contribution in [-0.4, -0.2) is 18.4 Å². The second kappa shape index (κ2) is 8.06. The van der Waals surface area contributed by atoms with Crippen LogP contribution in [0.2, 0.25) is 0 Å². The van der Waals surface area contributed by atoms with Crippen molar-refractivity contribution in [2.75, 3.05) is 6.54 Å². The lowest BCUT2D eigenvalue weighted by molar-refractivity contribution is -0.143. The van der Waals surface area contributed by atoms with Crippen molar-refractivity contribution >= 4 is 11.9 Å². The summed E-state index contributed by atoms with van der Waals surface area (Å²) in [6.07, 6.45) is 0. The van der Waals surface area contributed by atoms with Crippen molar-refractivity contribution in [2.45, 2.75) is 20.5 Å². The lowest BCUT2D eigenvalue weighted by Crippen LogP contribution is -2.30. The number of nitrogens with zero attached hydrogens (tertiary/aromatic N) is 1. The van der Waals surface area contributed by atoms with Crippen molar-refractivity contribution in [3.8, 4) is 6.07 Å². The zero-order valence-corrected chi connectivity index (χ0v) is 13.9. The van der Waals surface area contributed by atoms with Gasteiger partial charge in [0, 0.05) is 11.1 Å². The molecule has 0 spiro atoms. The van der Waals surface area contributed by atoms with E-state index < -0.39 is 17.7 Å². The fourth-order valence-corrected chi connectivity index (χ4v) is 2.10. The van der Waals surface area contributed by atoms with Gasteiger partial charge in [0.15, 0.2) is 0 Å². The van der Waals surface area contributed by atoms with E-state index in [9.17, 15) is 14.0 Å². The molecule has 5 nitrogen and oxygen atoms in total. The number of aryl methyl sites for hydroxylation is 2. The fourth-order valence-electron chi connectivity index (χ4n) is 2.10. The summed E-state index contributed by atoms with van der Waals surface area (Å²) in [5, 5.41) is 11.3. The molecule has 1 amide bonds. The summed E-state index contributed by atoms with van der Waals surface area (Å²) in [6.45, 7) is 3.20. The topological polar surface area (TPSA) is 79.2 Å². The van der Waals surface area contributed by atoms with Crippen LogP contribution < -0.4 is 5.32 Å². The van der Waals surface area contributed by atoms with Crippen molar-refractivity contribution < 1.29 is 18.7 Å². The van der Waals surface area contributed by atoms with Crippen LogP contribution in [0.4, 0.5) is 4.39 Å². The van der Waals surface area contributed by atoms with Gasteiger partial charge in [0.2, 0.25) is 0 Å². The van der Waals surface area contributed by atoms with Gasteiger partial charge in [-0.05, 0) is 55.3 Å². The molecule has 0 aliphatic carbocycles. The van der Waals surface area contributed by atoms with E-state index in [1.807, 2.05) is 26.0 Å². The Balaban J connectivity index is 1.87. The number of ether oxygens (including phenoxy) is 1. The predicted molar refractivity (Wildman–Crippen MR) is 89.2 cm³/mol. The molecule has 1 N–H and O–H groups in total. The van der Waals surface area contributed by atoms with Crippen molar-refractivity contribution in [1.29, 1.82) is 5.26 Å². The third kappa shape index (κ3) is 4.88. The highest BCUT2D eigenvalue weighted by Gasteiger charge is 2.11. The molecule has 128 valence electrons. The first-order chi connectivity index (χ1) is 11.9. The van der Waals surface area contributed by atoms with E-state index in [0.717, 1.165) is 17.2 Å². The second-order valence-electron chi connectivity index (χ2n) is 5.56. The van der Waals surface area contributed by atoms with Crippen LogP contribution in [0.15, 0.2) is 36.4 Å². The zero-order chi connectivity index (χ0) is 18.4. The molecule has 0 saturated heterocycles. The average Bonchev–Trinajstić information content (AvgIpc) is 2.61. The molecule has 0 aliphatic rings. The highest BCUT2D eigenvalue weighted by molar-refractivity contribution is 5.96. The summed E-state index contributed by atoms with van der Waals surface area (Å²) in [4.78, 5) is 23.7. The Morgan fingerprint density at radius 2 is 1.92 bits per heavy atom. The smallest absolute Gasteiger partial charge is 0.325 e. The molecule has 0 radical (unpaired) electrons. The number of amides is 1. The summed E-state index contributed by atoms with van der Waals surface area (Å²) in [6, 6.07) is 10.9. The Morgan fingerprint density at radius 1 is 1.16 bits per heavy atom. The Hall–Kier alpha value is -3.20. The molecule has 2 rings (SSSR count). The van der Waals surface area contributed by atoms with Crippen LogP contribution >= 0.6 is 0 Å². The largest absolute Gasteiger partial charge is 0.459 e. The molecule has 6 heteroatoms. The summed E-state index contributed by atoms with van der Waals surface area (Å²) >= 11 is 0. The van der Waals surface area contributed by atoms with Crippen LogP contribution in [-0.2, 0) is 16.1 Å². The Labute approximate surface area is 145 Å². The van der Waals surface area contributed by atoms with Gasteiger partial charge in [-0.2, -0.15) is 5.26 Å². The molecule has 0 fully saturated rings. The monoisotopic (exact) mass is 340 g/mol. The second-order valence-corrected chi connectivity index (χ2v) is 5.56. The van der Waals surface area contributed by atoms with Crippen LogP contribution in [0.25, 0.3) is 0 Å². The molecule has 25 heavy (non-hydrogen) atoms.